The van der Waals surface area contributed by atoms with Crippen LogP contribution in [-0.4, -0.2) is 154 Å². The highest BCUT2D eigenvalue weighted by Gasteiger charge is 2.45. The topological polar surface area (TPSA) is 269 Å². The Labute approximate surface area is 823 Å². The highest BCUT2D eigenvalue weighted by atomic mass is 16.7. The van der Waals surface area contributed by atoms with E-state index in [0.29, 0.717) is 6.42 Å². The monoisotopic (exact) mass is 1790 g/mol. The van der Waals surface area contributed by atoms with Crippen LogP contribution in [0.3, 0.4) is 0 Å². The minimum atomic E-state index is -1.70. The Balaban J connectivity index is -0.0000000312. The van der Waals surface area contributed by atoms with Crippen LogP contribution in [0.15, 0.2) is 0 Å². The first-order valence-corrected chi connectivity index (χ1v) is 42.6. The molecule has 2 aliphatic heterocycles. The molecule has 0 bridgehead atoms. The van der Waals surface area contributed by atoms with Crippen molar-refractivity contribution in [3.63, 3.8) is 0 Å². The van der Waals surface area contributed by atoms with Crippen LogP contribution in [0.1, 0.15) is 305 Å². The van der Waals surface area contributed by atoms with Gasteiger partial charge in [0.15, 0.2) is 12.6 Å². The van der Waals surface area contributed by atoms with Crippen molar-refractivity contribution in [1.29, 1.82) is 0 Å². The van der Waals surface area contributed by atoms with E-state index in [0.717, 1.165) is 44.9 Å². The first-order valence-electron chi connectivity index (χ1n) is 42.6. The van der Waals surface area contributed by atoms with E-state index in [2.05, 4.69) is 323 Å². The molecule has 0 aromatic heterocycles. The number of amides is 2. The van der Waals surface area contributed by atoms with Gasteiger partial charge in [-0.1, -0.05) is 207 Å². The molecule has 4 unspecified atom stereocenters. The van der Waals surface area contributed by atoms with Crippen molar-refractivity contribution in [2.45, 2.75) is 310 Å². The van der Waals surface area contributed by atoms with Crippen molar-refractivity contribution in [1.82, 2.24) is 10.6 Å². The second-order valence-corrected chi connectivity index (χ2v) is 28.7. The Bertz CT molecular complexity index is 5310. The van der Waals surface area contributed by atoms with Gasteiger partial charge in [-0.05, 0) is 234 Å². The van der Waals surface area contributed by atoms with E-state index < -0.39 is 98.4 Å². The molecule has 18 nitrogen and oxygen atoms in total. The van der Waals surface area contributed by atoms with Crippen molar-refractivity contribution in [2.75, 3.05) is 26.4 Å². The van der Waals surface area contributed by atoms with Crippen LogP contribution in [0.25, 0.3) is 0 Å². The van der Waals surface area contributed by atoms with Crippen LogP contribution in [0.5, 0.6) is 0 Å². The Morgan fingerprint density at radius 2 is 0.667 bits per heavy atom. The fourth-order valence-corrected chi connectivity index (χ4v) is 12.0. The van der Waals surface area contributed by atoms with Crippen LogP contribution >= 0.6 is 0 Å². The number of aliphatic hydroxyl groups excluding tert-OH is 6. The molecule has 18 heteroatoms. The van der Waals surface area contributed by atoms with Gasteiger partial charge in [-0.25, -0.2) is 0 Å². The van der Waals surface area contributed by atoms with E-state index >= 15 is 0 Å². The van der Waals surface area contributed by atoms with E-state index in [9.17, 15) is 49.8 Å². The predicted octanol–water partition coefficient (Wildman–Crippen LogP) is 20.4. The van der Waals surface area contributed by atoms with Gasteiger partial charge in [-0.3, -0.25) is 19.2 Å². The number of unbranched alkanes of at least 4 members (excludes halogenated alkanes) is 22. The zero-order chi connectivity index (χ0) is 92.4. The zero-order valence-electron chi connectivity index (χ0n) is 74.2. The summed E-state index contributed by atoms with van der Waals surface area (Å²) in [5.74, 6) is 118. The number of carbonyl (C=O) groups excluding carboxylic acids is 4. The number of aliphatic hydroxyl groups is 6. The first kappa shape index (κ1) is 111. The van der Waals surface area contributed by atoms with Gasteiger partial charge >= 0.3 is 11.9 Å². The molecule has 0 aromatic rings. The summed E-state index contributed by atoms with van der Waals surface area (Å²) < 4.78 is 34.8. The third-order valence-electron chi connectivity index (χ3n) is 19.0. The minimum Gasteiger partial charge on any atom is -0.463 e. The summed E-state index contributed by atoms with van der Waals surface area (Å²) in [6.45, 7) is 17.7. The Kier molecular flexibility index (Phi) is 68.6. The lowest BCUT2D eigenvalue weighted by molar-refractivity contribution is -0.303. The fourth-order valence-electron chi connectivity index (χ4n) is 12.0. The Morgan fingerprint density at radius 3 is 1.00 bits per heavy atom. The summed E-state index contributed by atoms with van der Waals surface area (Å²) in [6.07, 6.45) is 17.4. The van der Waals surface area contributed by atoms with Crippen LogP contribution < -0.4 is 10.6 Å². The van der Waals surface area contributed by atoms with Crippen LogP contribution in [0.2, 0.25) is 0 Å². The summed E-state index contributed by atoms with van der Waals surface area (Å²) in [4.78, 5) is 50.0. The van der Waals surface area contributed by atoms with Gasteiger partial charge in [0.2, 0.25) is 0 Å². The number of carbonyl (C=O) groups is 4. The largest absolute Gasteiger partial charge is 0.463 e. The maximum absolute atomic E-state index is 13.2. The van der Waals surface area contributed by atoms with Crippen molar-refractivity contribution < 1.29 is 147 Å². The maximum atomic E-state index is 13.2. The van der Waals surface area contributed by atoms with E-state index in [1.54, 1.807) is 13.8 Å². The van der Waals surface area contributed by atoms with Crippen molar-refractivity contribution >= 4 is 23.8 Å². The van der Waals surface area contributed by atoms with E-state index in [1.165, 1.54) is 123 Å². The van der Waals surface area contributed by atoms with Crippen LogP contribution in [0, 0.1) is 308 Å². The third kappa shape index (κ3) is 59.6. The molecule has 2 amide bonds. The molecule has 2 fully saturated rings. The molecule has 126 heavy (non-hydrogen) atoms. The number of nitrogens with one attached hydrogen (secondary N) is 2. The summed E-state index contributed by atoms with van der Waals surface area (Å²) in [5, 5.41) is 67.3. The summed E-state index contributed by atoms with van der Waals surface area (Å²) in [7, 11) is 0. The lowest BCUT2D eigenvalue weighted by Crippen LogP contribution is -2.60. The molecule has 0 aromatic carbocycles. The lowest BCUT2D eigenvalue weighted by Gasteiger charge is -2.43. The lowest BCUT2D eigenvalue weighted by atomic mass is 9.79. The summed E-state index contributed by atoms with van der Waals surface area (Å²) in [6, 6.07) is -1.98. The van der Waals surface area contributed by atoms with Gasteiger partial charge in [-0.2, -0.15) is 0 Å². The molecule has 2 saturated heterocycles. The van der Waals surface area contributed by atoms with Gasteiger partial charge < -0.3 is 69.7 Å². The fraction of sp³-hybridized carbons (Fsp3) is 0.519. The standard InChI is InChI=1S/C58H63NO7.C50H51NO9.48H2/c1-9-11-13-15-17-19-21-23-24-25-26-27-28-29-30-31-32-33-35-37-39-41-43-45-56(62)59-54(46-64-58-51(6)49(4)50(5)55(66-58)47-63-52(7)60)57(65-53(8)61)48(3)44-42-40-38-36-34-22-20-18-16-14-12-10-2;1-3-5-7-9-11-13-15-17-18-19-20-21-22-23-24-25-26-27-29-31-33-35-37-39-45(54)51-42(41-59-50-49(58)48(57)47(56)44(40-52)60-50)46(55)43(53)38-36-34-32-30-28-16-14-12-10-8-6-4-2;;;;;;;;;;;;;;;;;;;;;;;;;;;;;;;;;;;;;;;;;;;;;;;;/h48-51,54-55,57-58H,10,12,14,16,18,20,22,34,36,38,40,42,44,46-47H2,1-8H3,(H,59,62);42-44,46-50,52-53,55-58H,4,6,8,10,12,14,16,28,30,32,34,36,38,40-41H2,1-2H3,(H,51,54);48*1H/t48-,49+,50-,51?,54+,55?,57-,58+;42-,43+,44?,46-,47-,48-,49?,50-;;;;;;;;;;;;;;;;;;;;;;;;;;;;;;;;;;;;;;;;;;;;;;;;/m10................................................/s1. The SMILES string of the molecule is CC#CC#CC#CC#CC#CC#CC#CC#CC#CC#CC#CC#CC(=O)N[C@@H](CO[C@H]1OC(CO)[C@H](O)[C@H](O)C1O)[C@H](O)[C@H](O)CCCCCCCCCCCCCC.CC#CC#CC#CC#CC#CC#CC#CC#CC#CC#CC#CC#CC(=O)N[C@@H](CO[C@H]1OC(COC(C)=O)[C@H](C)[C@H](C)C1C)[C@H](OC(C)=O)[C@H](C)CCCCCCCCCCCCCC.[HH].[HH].[HH].[HH].[HH].[HH].[HH].[HH].[HH].[HH].[HH].[HH].[HH].[HH].[HH].[HH].[HH].[HH].[HH].[HH].[HH].[HH].[HH].[HH].[HH].[HH].[HH].[HH].[HH].[HH].[HH].[HH].[HH].[HH].[HH].[HH].[HH].[HH].[HH].[HH].[HH].[HH].[HH].[HH].[HH].[HH].[HH].[HH]. The maximum Gasteiger partial charge on any atom is 0.302 e. The summed E-state index contributed by atoms with van der Waals surface area (Å²) >= 11 is 0. The number of esters is 2. The van der Waals surface area contributed by atoms with Gasteiger partial charge in [0.1, 0.15) is 43.2 Å². The number of hydrogen-bond donors (Lipinski definition) is 8. The van der Waals surface area contributed by atoms with E-state index in [-0.39, 0.29) is 124 Å². The van der Waals surface area contributed by atoms with Crippen LogP contribution in [-0.2, 0) is 47.6 Å². The Hall–Kier alpha value is -13.1. The van der Waals surface area contributed by atoms with Gasteiger partial charge in [0.05, 0.1) is 44.1 Å². The molecule has 8 N–H and O–H groups in total. The van der Waals surface area contributed by atoms with Gasteiger partial charge in [-0.15, -0.1) is 0 Å². The molecule has 0 radical (unpaired) electrons. The quantitative estimate of drug-likeness (QED) is 0.0160. The third-order valence-corrected chi connectivity index (χ3v) is 19.0. The average molecular weight is 1790 g/mol. The molecule has 2 aliphatic rings. The van der Waals surface area contributed by atoms with Gasteiger partial charge in [0.25, 0.3) is 11.8 Å². The minimum absolute atomic E-state index is 0. The molecule has 0 spiro atoms. The normalized spacial score (nSPS) is 17.4. The molecule has 16 atom stereocenters. The molecular formula is C108H210N2O16. The van der Waals surface area contributed by atoms with Crippen LogP contribution in [0.4, 0.5) is 0 Å². The highest BCUT2D eigenvalue weighted by molar-refractivity contribution is 5.95. The zero-order valence-corrected chi connectivity index (χ0v) is 74.2. The van der Waals surface area contributed by atoms with Gasteiger partial charge in [0, 0.05) is 171 Å². The number of ether oxygens (including phenoxy) is 6. The molecule has 2 rings (SSSR count). The molecule has 748 valence electrons. The average Bonchev–Trinajstić information content (AvgIpc) is 0.805. The van der Waals surface area contributed by atoms with E-state index in [4.69, 9.17) is 28.4 Å². The molecular weight excluding hydrogens is 1580 g/mol. The molecule has 0 aliphatic carbocycles. The smallest absolute Gasteiger partial charge is 0.302 e. The number of hydrogen-bond acceptors (Lipinski definition) is 16. The second kappa shape index (κ2) is 77.9. The predicted molar refractivity (Wildman–Crippen MR) is 590 cm³/mol. The van der Waals surface area contributed by atoms with Crippen molar-refractivity contribution in [3.05, 3.63) is 0 Å². The molecule has 2 heterocycles. The number of rotatable bonds is 42. The molecule has 0 saturated carbocycles. The Morgan fingerprint density at radius 1 is 0.365 bits per heavy atom. The summed E-state index contributed by atoms with van der Waals surface area (Å²) in [5.41, 5.74) is 0. The highest BCUT2D eigenvalue weighted by Crippen LogP contribution is 2.36. The first-order chi connectivity index (χ1) is 61.3. The van der Waals surface area contributed by atoms with Crippen molar-refractivity contribution in [3.8, 4) is 284 Å². The van der Waals surface area contributed by atoms with E-state index in [1.807, 2.05) is 13.8 Å². The second-order valence-electron chi connectivity index (χ2n) is 28.7. The van der Waals surface area contributed by atoms with Crippen molar-refractivity contribution in [2.24, 2.45) is 23.7 Å².